The van der Waals surface area contributed by atoms with Crippen molar-refractivity contribution in [3.05, 3.63) is 46.5 Å². The molecule has 0 nitrogen and oxygen atoms in total. The summed E-state index contributed by atoms with van der Waals surface area (Å²) in [5, 5.41) is 2.32. The second-order valence-electron chi connectivity index (χ2n) is 3.19. The highest BCUT2D eigenvalue weighted by molar-refractivity contribution is 9.09. The number of alkyl halides is 2. The lowest BCUT2D eigenvalue weighted by Crippen LogP contribution is -1.91. The minimum absolute atomic E-state index is 0.708. The lowest BCUT2D eigenvalue weighted by Gasteiger charge is -2.02. The summed E-state index contributed by atoms with van der Waals surface area (Å²) >= 11 is 12.6. The Morgan fingerprint density at radius 1 is 1.25 bits per heavy atom. The van der Waals surface area contributed by atoms with Gasteiger partial charge in [-0.25, -0.2) is 0 Å². The maximum Gasteiger partial charge on any atom is 0.0649 e. The lowest BCUT2D eigenvalue weighted by atomic mass is 10.1. The molecule has 0 aliphatic carbocycles. The van der Waals surface area contributed by atoms with Crippen LogP contribution in [-0.4, -0.2) is 10.7 Å². The minimum atomic E-state index is 0.708. The second-order valence-corrected chi connectivity index (χ2v) is 4.75. The van der Waals surface area contributed by atoms with Gasteiger partial charge in [-0.3, -0.25) is 0 Å². The summed E-state index contributed by atoms with van der Waals surface area (Å²) in [7, 11) is 0. The summed E-state index contributed by atoms with van der Waals surface area (Å²) in [6, 6.07) is 7.90. The molecule has 1 rings (SSSR count). The van der Waals surface area contributed by atoms with Gasteiger partial charge in [0.05, 0.1) is 5.33 Å². The van der Waals surface area contributed by atoms with Crippen molar-refractivity contribution >= 4 is 43.5 Å². The molecule has 84 valence electrons. The van der Waals surface area contributed by atoms with Gasteiger partial charge in [-0.05, 0) is 35.8 Å². The number of halogens is 3. The van der Waals surface area contributed by atoms with Crippen LogP contribution in [0, 0.1) is 11.8 Å². The molecule has 0 fully saturated rings. The Morgan fingerprint density at radius 2 is 1.94 bits per heavy atom. The van der Waals surface area contributed by atoms with E-state index in [-0.39, 0.29) is 0 Å². The van der Waals surface area contributed by atoms with Crippen LogP contribution >= 0.6 is 43.5 Å². The Morgan fingerprint density at radius 3 is 2.50 bits per heavy atom. The number of rotatable bonds is 3. The molecule has 0 saturated heterocycles. The van der Waals surface area contributed by atoms with Crippen molar-refractivity contribution in [3.8, 4) is 11.8 Å². The molecule has 0 heterocycles. The molecule has 0 aliphatic heterocycles. The molecular formula is C13H11Br2Cl. The molecule has 1 aromatic carbocycles. The van der Waals surface area contributed by atoms with Crippen molar-refractivity contribution < 1.29 is 0 Å². The van der Waals surface area contributed by atoms with E-state index in [4.69, 9.17) is 11.6 Å². The zero-order valence-electron chi connectivity index (χ0n) is 8.64. The Bertz CT molecular complexity index is 410. The van der Waals surface area contributed by atoms with Crippen LogP contribution in [0.1, 0.15) is 5.56 Å². The molecular weight excluding hydrogens is 351 g/mol. The van der Waals surface area contributed by atoms with E-state index in [1.807, 2.05) is 30.3 Å². The van der Waals surface area contributed by atoms with Crippen molar-refractivity contribution in [1.82, 2.24) is 0 Å². The van der Waals surface area contributed by atoms with Crippen LogP contribution in [0.4, 0.5) is 0 Å². The summed E-state index contributed by atoms with van der Waals surface area (Å²) in [5.41, 5.74) is 2.51. The fourth-order valence-corrected chi connectivity index (χ4v) is 1.84. The van der Waals surface area contributed by atoms with Crippen molar-refractivity contribution in [3.63, 3.8) is 0 Å². The highest BCUT2D eigenvalue weighted by atomic mass is 79.9. The third-order valence-corrected chi connectivity index (χ3v) is 3.21. The molecule has 16 heavy (non-hydrogen) atoms. The van der Waals surface area contributed by atoms with E-state index in [0.29, 0.717) is 5.33 Å². The molecule has 3 heteroatoms. The summed E-state index contributed by atoms with van der Waals surface area (Å²) < 4.78 is 0. The molecule has 1 aromatic rings. The number of hydrogen-bond acceptors (Lipinski definition) is 0. The van der Waals surface area contributed by atoms with Crippen LogP contribution < -0.4 is 0 Å². The molecule has 0 atom stereocenters. The van der Waals surface area contributed by atoms with E-state index in [1.54, 1.807) is 0 Å². The first-order valence-corrected chi connectivity index (χ1v) is 7.41. The van der Waals surface area contributed by atoms with E-state index >= 15 is 0 Å². The lowest BCUT2D eigenvalue weighted by molar-refractivity contribution is 1.16. The number of allylic oxidation sites excluding steroid dienone is 2. The molecule has 0 radical (unpaired) electrons. The van der Waals surface area contributed by atoms with Gasteiger partial charge < -0.3 is 0 Å². The largest absolute Gasteiger partial charge is 0.0879 e. The predicted octanol–water partition coefficient (Wildman–Crippen LogP) is 4.60. The summed E-state index contributed by atoms with van der Waals surface area (Å²) in [6.45, 7) is 0. The van der Waals surface area contributed by atoms with Crippen molar-refractivity contribution in [1.29, 1.82) is 0 Å². The fraction of sp³-hybridized carbons (Fsp3) is 0.231. The molecule has 0 unspecified atom stereocenters. The Balaban J connectivity index is 2.70. The molecule has 0 spiro atoms. The van der Waals surface area contributed by atoms with Crippen LogP contribution in [0.2, 0.25) is 5.02 Å². The molecule has 0 aromatic heterocycles. The van der Waals surface area contributed by atoms with Gasteiger partial charge in [-0.1, -0.05) is 67.4 Å². The number of hydrogen-bond donors (Lipinski definition) is 0. The Kier molecular flexibility index (Phi) is 6.87. The molecule has 0 saturated carbocycles. The number of benzene rings is 1. The SMILES string of the molecule is Clc1ccc(C/C(=C\C#CCBr)CBr)cc1. The van der Waals surface area contributed by atoms with Gasteiger partial charge in [0.15, 0.2) is 0 Å². The molecule has 0 N–H and O–H groups in total. The van der Waals surface area contributed by atoms with Gasteiger partial charge in [0.2, 0.25) is 0 Å². The minimum Gasteiger partial charge on any atom is -0.0879 e. The van der Waals surface area contributed by atoms with E-state index < -0.39 is 0 Å². The zero-order chi connectivity index (χ0) is 11.8. The predicted molar refractivity (Wildman–Crippen MR) is 78.6 cm³/mol. The first-order valence-electron chi connectivity index (χ1n) is 4.79. The molecule has 0 aliphatic rings. The van der Waals surface area contributed by atoms with E-state index in [0.717, 1.165) is 16.8 Å². The monoisotopic (exact) mass is 360 g/mol. The maximum absolute atomic E-state index is 5.83. The van der Waals surface area contributed by atoms with E-state index in [2.05, 4.69) is 43.7 Å². The normalized spacial score (nSPS) is 10.8. The van der Waals surface area contributed by atoms with Crippen LogP contribution in [0.5, 0.6) is 0 Å². The Labute approximate surface area is 118 Å². The maximum atomic E-state index is 5.83. The van der Waals surface area contributed by atoms with Crippen molar-refractivity contribution in [2.75, 3.05) is 10.7 Å². The first-order chi connectivity index (χ1) is 7.76. The third-order valence-electron chi connectivity index (χ3n) is 1.96. The van der Waals surface area contributed by atoms with Crippen LogP contribution in [0.3, 0.4) is 0 Å². The highest BCUT2D eigenvalue weighted by Gasteiger charge is 1.97. The van der Waals surface area contributed by atoms with E-state index in [1.165, 1.54) is 11.1 Å². The van der Waals surface area contributed by atoms with Gasteiger partial charge >= 0.3 is 0 Å². The quantitative estimate of drug-likeness (QED) is 0.544. The second kappa shape index (κ2) is 7.95. The van der Waals surface area contributed by atoms with Gasteiger partial charge in [0.25, 0.3) is 0 Å². The van der Waals surface area contributed by atoms with Gasteiger partial charge in [0.1, 0.15) is 0 Å². The average Bonchev–Trinajstić information content (AvgIpc) is 2.31. The van der Waals surface area contributed by atoms with Crippen molar-refractivity contribution in [2.24, 2.45) is 0 Å². The smallest absolute Gasteiger partial charge is 0.0649 e. The zero-order valence-corrected chi connectivity index (χ0v) is 12.6. The Hall–Kier alpha value is -0.230. The van der Waals surface area contributed by atoms with Gasteiger partial charge in [-0.2, -0.15) is 0 Å². The standard InChI is InChI=1S/C13H11Br2Cl/c14-8-2-1-3-12(10-15)9-11-4-6-13(16)7-5-11/h3-7H,8-10H2/b12-3+. The van der Waals surface area contributed by atoms with Gasteiger partial charge in [0, 0.05) is 10.4 Å². The van der Waals surface area contributed by atoms with Crippen LogP contribution in [0.25, 0.3) is 0 Å². The summed E-state index contributed by atoms with van der Waals surface area (Å²) in [4.78, 5) is 0. The summed E-state index contributed by atoms with van der Waals surface area (Å²) in [6.07, 6.45) is 2.87. The van der Waals surface area contributed by atoms with Crippen LogP contribution in [-0.2, 0) is 6.42 Å². The fourth-order valence-electron chi connectivity index (χ4n) is 1.19. The van der Waals surface area contributed by atoms with Crippen LogP contribution in [0.15, 0.2) is 35.9 Å². The molecule has 0 bridgehead atoms. The molecule has 0 amide bonds. The van der Waals surface area contributed by atoms with E-state index in [9.17, 15) is 0 Å². The van der Waals surface area contributed by atoms with Gasteiger partial charge in [-0.15, -0.1) is 0 Å². The summed E-state index contributed by atoms with van der Waals surface area (Å²) in [5.74, 6) is 5.96. The van der Waals surface area contributed by atoms with Crippen molar-refractivity contribution in [2.45, 2.75) is 6.42 Å². The third kappa shape index (κ3) is 5.21. The topological polar surface area (TPSA) is 0 Å². The highest BCUT2D eigenvalue weighted by Crippen LogP contribution is 2.14. The first kappa shape index (κ1) is 13.8. The average molecular weight is 362 g/mol.